The molecule has 2 aromatic heterocycles. The lowest BCUT2D eigenvalue weighted by atomic mass is 10.1. The van der Waals surface area contributed by atoms with E-state index in [2.05, 4.69) is 10.3 Å². The molecule has 3 heterocycles. The maximum Gasteiger partial charge on any atom is 0.411 e. The first-order chi connectivity index (χ1) is 15.4. The molecule has 0 atom stereocenters. The van der Waals surface area contributed by atoms with Crippen molar-refractivity contribution in [1.29, 1.82) is 0 Å². The van der Waals surface area contributed by atoms with Gasteiger partial charge in [-0.05, 0) is 35.9 Å². The van der Waals surface area contributed by atoms with Crippen LogP contribution in [-0.2, 0) is 6.54 Å². The second kappa shape index (κ2) is 9.33. The zero-order valence-corrected chi connectivity index (χ0v) is 17.3. The average Bonchev–Trinajstić information content (AvgIpc) is 3.25. The largest absolute Gasteiger partial charge is 0.490 e. The fourth-order valence-corrected chi connectivity index (χ4v) is 3.56. The van der Waals surface area contributed by atoms with Crippen molar-refractivity contribution in [2.75, 3.05) is 13.1 Å². The van der Waals surface area contributed by atoms with E-state index in [-0.39, 0.29) is 18.1 Å². The van der Waals surface area contributed by atoms with Crippen molar-refractivity contribution in [3.8, 4) is 5.75 Å². The van der Waals surface area contributed by atoms with E-state index in [0.717, 1.165) is 17.4 Å². The molecule has 9 heteroatoms. The lowest BCUT2D eigenvalue weighted by Crippen LogP contribution is -2.35. The number of pyridine rings is 1. The third-order valence-corrected chi connectivity index (χ3v) is 5.27. The highest BCUT2D eigenvalue weighted by molar-refractivity contribution is 5.94. The summed E-state index contributed by atoms with van der Waals surface area (Å²) in [6, 6.07) is 10.7. The summed E-state index contributed by atoms with van der Waals surface area (Å²) in [5.74, 6) is 0.448. The molecule has 0 bridgehead atoms. The van der Waals surface area contributed by atoms with Gasteiger partial charge >= 0.3 is 6.18 Å². The lowest BCUT2D eigenvalue weighted by Gasteiger charge is -2.31. The highest BCUT2D eigenvalue weighted by Gasteiger charge is 2.24. The summed E-state index contributed by atoms with van der Waals surface area (Å²) in [5.41, 5.74) is 2.33. The maximum atomic E-state index is 12.4. The van der Waals surface area contributed by atoms with Gasteiger partial charge < -0.3 is 19.4 Å². The summed E-state index contributed by atoms with van der Waals surface area (Å²) < 4.78 is 44.6. The Morgan fingerprint density at radius 2 is 1.91 bits per heavy atom. The minimum Gasteiger partial charge on any atom is -0.490 e. The van der Waals surface area contributed by atoms with Crippen LogP contribution in [0.1, 0.15) is 28.8 Å². The van der Waals surface area contributed by atoms with E-state index in [1.54, 1.807) is 35.4 Å². The molecule has 0 spiro atoms. The van der Waals surface area contributed by atoms with Crippen molar-refractivity contribution >= 4 is 11.6 Å². The molecule has 1 amide bonds. The van der Waals surface area contributed by atoms with Gasteiger partial charge in [0, 0.05) is 68.9 Å². The second-order valence-corrected chi connectivity index (χ2v) is 7.65. The van der Waals surface area contributed by atoms with E-state index in [4.69, 9.17) is 4.74 Å². The van der Waals surface area contributed by atoms with Gasteiger partial charge in [-0.3, -0.25) is 4.79 Å². The Balaban J connectivity index is 1.25. The number of hydrogen-bond donors (Lipinski definition) is 1. The molecule has 0 radical (unpaired) electrons. The zero-order chi connectivity index (χ0) is 22.6. The Kier molecular flexibility index (Phi) is 6.34. The summed E-state index contributed by atoms with van der Waals surface area (Å²) >= 11 is 0. The number of alkyl halides is 3. The van der Waals surface area contributed by atoms with Gasteiger partial charge in [0.15, 0.2) is 0 Å². The van der Waals surface area contributed by atoms with Crippen LogP contribution in [0, 0.1) is 0 Å². The van der Waals surface area contributed by atoms with E-state index in [1.807, 2.05) is 28.9 Å². The number of ether oxygens (including phenoxy) is 1. The van der Waals surface area contributed by atoms with E-state index in [0.29, 0.717) is 43.8 Å². The smallest absolute Gasteiger partial charge is 0.411 e. The molecule has 1 fully saturated rings. The molecule has 1 aromatic carbocycles. The molecule has 168 valence electrons. The molecular formula is C23H23F3N4O2. The first-order valence-electron chi connectivity index (χ1n) is 10.3. The number of piperidine rings is 1. The first kappa shape index (κ1) is 21.7. The number of aromatic nitrogens is 2. The summed E-state index contributed by atoms with van der Waals surface area (Å²) in [6.45, 7) is 1.40. The third-order valence-electron chi connectivity index (χ3n) is 5.27. The number of carbonyl (C=O) groups excluding carboxylic acids is 1. The van der Waals surface area contributed by atoms with Crippen LogP contribution in [0.25, 0.3) is 5.65 Å². The number of carbonyl (C=O) groups is 1. The zero-order valence-electron chi connectivity index (χ0n) is 17.3. The third kappa shape index (κ3) is 5.81. The second-order valence-electron chi connectivity index (χ2n) is 7.65. The molecule has 0 unspecified atom stereocenters. The number of benzene rings is 1. The van der Waals surface area contributed by atoms with Gasteiger partial charge in [-0.2, -0.15) is 13.2 Å². The number of rotatable bonds is 6. The topological polar surface area (TPSA) is 58.9 Å². The summed E-state index contributed by atoms with van der Waals surface area (Å²) in [7, 11) is 0. The maximum absolute atomic E-state index is 12.4. The van der Waals surface area contributed by atoms with Crippen LogP contribution >= 0.6 is 0 Å². The van der Waals surface area contributed by atoms with Crippen LogP contribution in [0.15, 0.2) is 67.3 Å². The number of allylic oxidation sites excluding steroid dienone is 1. The Hall–Kier alpha value is -3.49. The van der Waals surface area contributed by atoms with Gasteiger partial charge in [-0.1, -0.05) is 6.07 Å². The average molecular weight is 444 g/mol. The first-order valence-corrected chi connectivity index (χ1v) is 10.3. The number of amides is 1. The number of likely N-dealkylation sites (tertiary alicyclic amines) is 1. The normalized spacial score (nSPS) is 15.4. The number of nitrogens with one attached hydrogen (secondary N) is 1. The predicted octanol–water partition coefficient (Wildman–Crippen LogP) is 4.18. The van der Waals surface area contributed by atoms with Crippen LogP contribution in [0.2, 0.25) is 0 Å². The van der Waals surface area contributed by atoms with Crippen LogP contribution < -0.4 is 10.1 Å². The standard InChI is InChI=1S/C23H23F3N4O2/c24-23(25,26)9-13-29-11-7-20(8-12-29)32-19-4-2-18(3-5-19)22(31)28-15-17-1-6-21-27-10-14-30(21)16-17/h1-6,9-10,13-14,16,20H,7-8,11-12,15H2,(H,28,31). The fourth-order valence-electron chi connectivity index (χ4n) is 3.56. The van der Waals surface area contributed by atoms with Crippen LogP contribution in [0.3, 0.4) is 0 Å². The van der Waals surface area contributed by atoms with Crippen molar-refractivity contribution in [3.63, 3.8) is 0 Å². The monoisotopic (exact) mass is 444 g/mol. The van der Waals surface area contributed by atoms with E-state index < -0.39 is 6.18 Å². The molecule has 0 aliphatic carbocycles. The quantitative estimate of drug-likeness (QED) is 0.620. The molecular weight excluding hydrogens is 421 g/mol. The highest BCUT2D eigenvalue weighted by atomic mass is 19.4. The minimum atomic E-state index is -4.30. The highest BCUT2D eigenvalue weighted by Crippen LogP contribution is 2.21. The molecule has 1 N–H and O–H groups in total. The molecule has 32 heavy (non-hydrogen) atoms. The van der Waals surface area contributed by atoms with Crippen LogP contribution in [0.4, 0.5) is 13.2 Å². The number of halogens is 3. The molecule has 1 aliphatic heterocycles. The van der Waals surface area contributed by atoms with Gasteiger partial charge in [-0.25, -0.2) is 4.98 Å². The van der Waals surface area contributed by atoms with Gasteiger partial charge in [0.2, 0.25) is 0 Å². The number of hydrogen-bond acceptors (Lipinski definition) is 4. The predicted molar refractivity (Wildman–Crippen MR) is 113 cm³/mol. The Morgan fingerprint density at radius 3 is 2.62 bits per heavy atom. The van der Waals surface area contributed by atoms with E-state index in [9.17, 15) is 18.0 Å². The fraction of sp³-hybridized carbons (Fsp3) is 0.304. The lowest BCUT2D eigenvalue weighted by molar-refractivity contribution is -0.0809. The Morgan fingerprint density at radius 1 is 1.16 bits per heavy atom. The van der Waals surface area contributed by atoms with Crippen molar-refractivity contribution in [2.45, 2.75) is 31.7 Å². The van der Waals surface area contributed by atoms with Gasteiger partial charge in [0.05, 0.1) is 0 Å². The Labute approximate surface area is 183 Å². The Bertz CT molecular complexity index is 1080. The minimum absolute atomic E-state index is 0.0664. The molecule has 1 aliphatic rings. The molecule has 4 rings (SSSR count). The van der Waals surface area contributed by atoms with Crippen molar-refractivity contribution < 1.29 is 22.7 Å². The molecule has 6 nitrogen and oxygen atoms in total. The van der Waals surface area contributed by atoms with Crippen LogP contribution in [0.5, 0.6) is 5.75 Å². The molecule has 1 saturated heterocycles. The van der Waals surface area contributed by atoms with Crippen molar-refractivity contribution in [1.82, 2.24) is 19.6 Å². The summed E-state index contributed by atoms with van der Waals surface area (Å²) in [6.07, 6.45) is 3.74. The van der Waals surface area contributed by atoms with Crippen molar-refractivity contribution in [2.24, 2.45) is 0 Å². The number of nitrogens with zero attached hydrogens (tertiary/aromatic N) is 3. The van der Waals surface area contributed by atoms with E-state index >= 15 is 0 Å². The van der Waals surface area contributed by atoms with Crippen molar-refractivity contribution in [3.05, 3.63) is 78.4 Å². The molecule has 0 saturated carbocycles. The van der Waals surface area contributed by atoms with Gasteiger partial charge in [-0.15, -0.1) is 0 Å². The molecule has 3 aromatic rings. The van der Waals surface area contributed by atoms with Gasteiger partial charge in [0.25, 0.3) is 5.91 Å². The van der Waals surface area contributed by atoms with Crippen LogP contribution in [-0.4, -0.2) is 45.6 Å². The van der Waals surface area contributed by atoms with Gasteiger partial charge in [0.1, 0.15) is 17.5 Å². The SMILES string of the molecule is O=C(NCc1ccc2nccn2c1)c1ccc(OC2CCN(C=CC(F)(F)F)CC2)cc1. The van der Waals surface area contributed by atoms with E-state index in [1.165, 1.54) is 0 Å². The summed E-state index contributed by atoms with van der Waals surface area (Å²) in [4.78, 5) is 18.3. The number of imidazole rings is 1. The summed E-state index contributed by atoms with van der Waals surface area (Å²) in [5, 5.41) is 2.89. The number of fused-ring (bicyclic) bond motifs is 1.